The largest absolute Gasteiger partial charge is 0.343 e. The summed E-state index contributed by atoms with van der Waals surface area (Å²) in [7, 11) is -4.21. The molecule has 13 heteroatoms. The number of amides is 2. The molecule has 2 atom stereocenters. The zero-order valence-corrected chi connectivity index (χ0v) is 18.9. The van der Waals surface area contributed by atoms with Gasteiger partial charge in [0, 0.05) is 6.42 Å². The van der Waals surface area contributed by atoms with E-state index in [9.17, 15) is 31.2 Å². The van der Waals surface area contributed by atoms with Gasteiger partial charge in [-0.15, -0.1) is 12.4 Å². The molecular weight excluding hydrogens is 497 g/mol. The lowest BCUT2D eigenvalue weighted by molar-refractivity contribution is -0.119. The van der Waals surface area contributed by atoms with Crippen LogP contribution in [0.4, 0.5) is 18.9 Å². The molecule has 1 aliphatic carbocycles. The molecule has 34 heavy (non-hydrogen) atoms. The third kappa shape index (κ3) is 4.72. The van der Waals surface area contributed by atoms with Crippen molar-refractivity contribution in [1.82, 2.24) is 5.32 Å². The minimum atomic E-state index is -4.21. The predicted molar refractivity (Wildman–Crippen MR) is 117 cm³/mol. The Balaban J connectivity index is 0.00000324. The number of carbonyl (C=O) groups excluding carboxylic acids is 2. The molecule has 2 amide bonds. The number of alkyl halides is 2. The number of nitriles is 1. The standard InChI is InChI=1S/C21H17F3N4O4S.ClH/c22-14-6-17-16(5-13(14)19(29)27-18-7-21(18,23)24)28(20(30)15(26)10-33(17,31)32)9-12-3-1-11(8-25)2-4-12;/h1-6,15,18H,7,9-10,26H2,(H,27,29);1H/t15-,18?;/m0./s1. The van der Waals surface area contributed by atoms with Crippen molar-refractivity contribution < 1.29 is 31.2 Å². The van der Waals surface area contributed by atoms with Gasteiger partial charge < -0.3 is 16.0 Å². The Kier molecular flexibility index (Phi) is 6.67. The van der Waals surface area contributed by atoms with Crippen molar-refractivity contribution in [1.29, 1.82) is 5.26 Å². The van der Waals surface area contributed by atoms with Crippen LogP contribution in [0.3, 0.4) is 0 Å². The first-order valence-electron chi connectivity index (χ1n) is 9.74. The lowest BCUT2D eigenvalue weighted by Gasteiger charge is -2.25. The minimum absolute atomic E-state index is 0. The number of benzene rings is 2. The molecule has 1 saturated carbocycles. The summed E-state index contributed by atoms with van der Waals surface area (Å²) in [6.45, 7) is -0.186. The summed E-state index contributed by atoms with van der Waals surface area (Å²) in [5.41, 5.74) is 5.69. The fourth-order valence-corrected chi connectivity index (χ4v) is 5.10. The quantitative estimate of drug-likeness (QED) is 0.640. The molecular formula is C21H18ClF3N4O4S. The fraction of sp³-hybridized carbons (Fsp3) is 0.286. The van der Waals surface area contributed by atoms with Crippen molar-refractivity contribution in [3.8, 4) is 6.07 Å². The van der Waals surface area contributed by atoms with Crippen LogP contribution in [-0.4, -0.2) is 44.0 Å². The maximum Gasteiger partial charge on any atom is 0.270 e. The molecule has 8 nitrogen and oxygen atoms in total. The number of hydrogen-bond donors (Lipinski definition) is 2. The summed E-state index contributed by atoms with van der Waals surface area (Å²) in [4.78, 5) is 25.8. The Morgan fingerprint density at radius 1 is 1.26 bits per heavy atom. The Labute approximate surface area is 198 Å². The van der Waals surface area contributed by atoms with E-state index in [0.29, 0.717) is 17.2 Å². The van der Waals surface area contributed by atoms with E-state index in [4.69, 9.17) is 11.0 Å². The van der Waals surface area contributed by atoms with Gasteiger partial charge in [-0.1, -0.05) is 12.1 Å². The normalized spacial score (nSPS) is 22.0. The first-order valence-corrected chi connectivity index (χ1v) is 11.4. The van der Waals surface area contributed by atoms with Gasteiger partial charge in [0.15, 0.2) is 9.84 Å². The highest BCUT2D eigenvalue weighted by atomic mass is 35.5. The molecule has 180 valence electrons. The third-order valence-corrected chi connectivity index (χ3v) is 7.25. The van der Waals surface area contributed by atoms with Crippen molar-refractivity contribution in [2.45, 2.75) is 35.9 Å². The summed E-state index contributed by atoms with van der Waals surface area (Å²) >= 11 is 0. The Bertz CT molecular complexity index is 1310. The van der Waals surface area contributed by atoms with Crippen LogP contribution in [0.2, 0.25) is 0 Å². The second-order valence-electron chi connectivity index (χ2n) is 7.91. The van der Waals surface area contributed by atoms with E-state index in [2.05, 4.69) is 0 Å². The molecule has 1 heterocycles. The first-order chi connectivity index (χ1) is 15.4. The fourth-order valence-electron chi connectivity index (χ4n) is 3.53. The predicted octanol–water partition coefficient (Wildman–Crippen LogP) is 1.90. The van der Waals surface area contributed by atoms with Crippen molar-refractivity contribution in [2.75, 3.05) is 10.7 Å². The van der Waals surface area contributed by atoms with Crippen LogP contribution in [0.5, 0.6) is 0 Å². The summed E-state index contributed by atoms with van der Waals surface area (Å²) in [5, 5.41) is 10.9. The number of nitrogens with zero attached hydrogens (tertiary/aromatic N) is 2. The first kappa shape index (κ1) is 25.5. The smallest absolute Gasteiger partial charge is 0.270 e. The van der Waals surface area contributed by atoms with Crippen LogP contribution < -0.4 is 16.0 Å². The topological polar surface area (TPSA) is 133 Å². The number of nitrogens with one attached hydrogen (secondary N) is 1. The number of rotatable bonds is 4. The van der Waals surface area contributed by atoms with Gasteiger partial charge in [0.05, 0.1) is 52.2 Å². The second kappa shape index (κ2) is 8.90. The van der Waals surface area contributed by atoms with Gasteiger partial charge >= 0.3 is 0 Å². The molecule has 1 unspecified atom stereocenters. The van der Waals surface area contributed by atoms with Crippen LogP contribution in [0, 0.1) is 17.1 Å². The Morgan fingerprint density at radius 2 is 1.88 bits per heavy atom. The van der Waals surface area contributed by atoms with Crippen LogP contribution >= 0.6 is 12.4 Å². The van der Waals surface area contributed by atoms with Gasteiger partial charge in [-0.2, -0.15) is 5.26 Å². The molecule has 3 N–H and O–H groups in total. The summed E-state index contributed by atoms with van der Waals surface area (Å²) in [6.07, 6.45) is -0.585. The second-order valence-corrected chi connectivity index (χ2v) is 9.91. The lowest BCUT2D eigenvalue weighted by Crippen LogP contribution is -2.45. The van der Waals surface area contributed by atoms with Gasteiger partial charge in [-0.25, -0.2) is 21.6 Å². The highest BCUT2D eigenvalue weighted by molar-refractivity contribution is 7.91. The van der Waals surface area contributed by atoms with Crippen LogP contribution in [-0.2, 0) is 21.2 Å². The van der Waals surface area contributed by atoms with Crippen LogP contribution in [0.1, 0.15) is 27.9 Å². The summed E-state index contributed by atoms with van der Waals surface area (Å²) < 4.78 is 66.6. The molecule has 1 fully saturated rings. The average molecular weight is 515 g/mol. The van der Waals surface area contributed by atoms with E-state index in [1.807, 2.05) is 11.4 Å². The maximum atomic E-state index is 14.7. The van der Waals surface area contributed by atoms with E-state index in [-0.39, 0.29) is 24.6 Å². The van der Waals surface area contributed by atoms with Gasteiger partial charge in [-0.05, 0) is 29.8 Å². The van der Waals surface area contributed by atoms with Crippen LogP contribution in [0.15, 0.2) is 41.3 Å². The molecule has 0 spiro atoms. The van der Waals surface area contributed by atoms with E-state index < -0.39 is 68.1 Å². The molecule has 2 aromatic carbocycles. The number of carbonyl (C=O) groups is 2. The molecule has 4 rings (SSSR count). The molecule has 0 bridgehead atoms. The lowest BCUT2D eigenvalue weighted by atomic mass is 10.1. The van der Waals surface area contributed by atoms with Crippen molar-refractivity contribution >= 4 is 39.7 Å². The van der Waals surface area contributed by atoms with Gasteiger partial charge in [0.1, 0.15) is 5.82 Å². The maximum absolute atomic E-state index is 14.7. The molecule has 0 radical (unpaired) electrons. The summed E-state index contributed by atoms with van der Waals surface area (Å²) in [5.74, 6) is -7.05. The van der Waals surface area contributed by atoms with E-state index in [0.717, 1.165) is 11.0 Å². The van der Waals surface area contributed by atoms with Crippen LogP contribution in [0.25, 0.3) is 0 Å². The van der Waals surface area contributed by atoms with Gasteiger partial charge in [0.2, 0.25) is 5.91 Å². The number of halogens is 4. The summed E-state index contributed by atoms with van der Waals surface area (Å²) in [6, 6.07) is 6.58. The van der Waals surface area contributed by atoms with Gasteiger partial charge in [-0.3, -0.25) is 9.59 Å². The molecule has 2 aliphatic rings. The van der Waals surface area contributed by atoms with E-state index >= 15 is 0 Å². The number of nitrogens with two attached hydrogens (primary N) is 1. The molecule has 1 aliphatic heterocycles. The minimum Gasteiger partial charge on any atom is -0.343 e. The average Bonchev–Trinajstić information content (AvgIpc) is 3.37. The van der Waals surface area contributed by atoms with Gasteiger partial charge in [0.25, 0.3) is 11.8 Å². The molecule has 0 aromatic heterocycles. The van der Waals surface area contributed by atoms with E-state index in [1.54, 1.807) is 12.1 Å². The Hall–Kier alpha value is -3.14. The zero-order chi connectivity index (χ0) is 24.1. The molecule has 0 saturated heterocycles. The Morgan fingerprint density at radius 3 is 2.44 bits per heavy atom. The van der Waals surface area contributed by atoms with Crippen molar-refractivity contribution in [3.63, 3.8) is 0 Å². The third-order valence-electron chi connectivity index (χ3n) is 5.46. The van der Waals surface area contributed by atoms with Crippen molar-refractivity contribution in [3.05, 3.63) is 58.9 Å². The van der Waals surface area contributed by atoms with Crippen molar-refractivity contribution in [2.24, 2.45) is 5.73 Å². The number of hydrogen-bond acceptors (Lipinski definition) is 6. The number of anilines is 1. The zero-order valence-electron chi connectivity index (χ0n) is 17.3. The number of fused-ring (bicyclic) bond motifs is 1. The van der Waals surface area contributed by atoms with E-state index in [1.165, 1.54) is 12.1 Å². The molecule has 2 aromatic rings. The highest BCUT2D eigenvalue weighted by Crippen LogP contribution is 2.42. The monoisotopic (exact) mass is 514 g/mol. The SMILES string of the molecule is Cl.N#Cc1ccc(CN2C(=O)[C@@H](N)CS(=O)(=O)c3cc(F)c(C(=O)NC4CC4(F)F)cc32)cc1. The highest BCUT2D eigenvalue weighted by Gasteiger charge is 2.58. The number of sulfone groups is 1.